The fourth-order valence-electron chi connectivity index (χ4n) is 2.20. The van der Waals surface area contributed by atoms with Gasteiger partial charge in [-0.05, 0) is 38.5 Å². The zero-order valence-corrected chi connectivity index (χ0v) is 12.5. The Morgan fingerprint density at radius 2 is 2.00 bits per heavy atom. The Labute approximate surface area is 121 Å². The van der Waals surface area contributed by atoms with E-state index in [2.05, 4.69) is 41.0 Å². The van der Waals surface area contributed by atoms with Crippen LogP contribution in [0.4, 0.5) is 5.82 Å². The van der Waals surface area contributed by atoms with Gasteiger partial charge in [0.15, 0.2) is 0 Å². The topological polar surface area (TPSA) is 50.7 Å². The minimum absolute atomic E-state index is 0.105. The van der Waals surface area contributed by atoms with Crippen LogP contribution in [0.1, 0.15) is 29.1 Å². The standard InChI is InChI=1S/C15H16N4S/c1-9-11(3)20-15-13(9)14(17-8-18-15)19-10(2)12-6-4-5-7-16-12/h4-8,10H,1-3H3,(H,17,18,19). The van der Waals surface area contributed by atoms with Gasteiger partial charge in [0.2, 0.25) is 0 Å². The first-order valence-electron chi connectivity index (χ1n) is 6.55. The monoisotopic (exact) mass is 284 g/mol. The molecule has 0 spiro atoms. The van der Waals surface area contributed by atoms with Crippen LogP contribution in [-0.2, 0) is 0 Å². The van der Waals surface area contributed by atoms with Crippen molar-refractivity contribution >= 4 is 27.4 Å². The normalized spacial score (nSPS) is 12.6. The van der Waals surface area contributed by atoms with Gasteiger partial charge in [0.1, 0.15) is 17.0 Å². The third-order valence-electron chi connectivity index (χ3n) is 3.45. The Morgan fingerprint density at radius 1 is 1.15 bits per heavy atom. The Hall–Kier alpha value is -2.01. The quantitative estimate of drug-likeness (QED) is 0.793. The van der Waals surface area contributed by atoms with Crippen LogP contribution in [0.15, 0.2) is 30.7 Å². The summed E-state index contributed by atoms with van der Waals surface area (Å²) in [6, 6.07) is 6.04. The zero-order chi connectivity index (χ0) is 14.1. The van der Waals surface area contributed by atoms with E-state index in [0.717, 1.165) is 21.7 Å². The molecule has 0 saturated carbocycles. The van der Waals surface area contributed by atoms with Crippen LogP contribution < -0.4 is 5.32 Å². The van der Waals surface area contributed by atoms with E-state index >= 15 is 0 Å². The highest BCUT2D eigenvalue weighted by molar-refractivity contribution is 7.18. The van der Waals surface area contributed by atoms with Crippen molar-refractivity contribution in [1.82, 2.24) is 15.0 Å². The van der Waals surface area contributed by atoms with Gasteiger partial charge >= 0.3 is 0 Å². The molecule has 0 aliphatic carbocycles. The van der Waals surface area contributed by atoms with Gasteiger partial charge in [0.05, 0.1) is 17.1 Å². The average molecular weight is 284 g/mol. The van der Waals surface area contributed by atoms with E-state index in [-0.39, 0.29) is 6.04 Å². The maximum absolute atomic E-state index is 4.40. The Kier molecular flexibility index (Phi) is 3.36. The van der Waals surface area contributed by atoms with E-state index in [1.165, 1.54) is 10.4 Å². The summed E-state index contributed by atoms with van der Waals surface area (Å²) in [6.07, 6.45) is 3.42. The van der Waals surface area contributed by atoms with Crippen molar-refractivity contribution in [2.45, 2.75) is 26.8 Å². The number of aryl methyl sites for hydroxylation is 2. The van der Waals surface area contributed by atoms with Crippen molar-refractivity contribution in [3.63, 3.8) is 0 Å². The lowest BCUT2D eigenvalue weighted by molar-refractivity contribution is 0.833. The summed E-state index contributed by atoms with van der Waals surface area (Å²) in [5.74, 6) is 0.884. The predicted octanol–water partition coefficient (Wildman–Crippen LogP) is 3.88. The second kappa shape index (κ2) is 5.17. The minimum Gasteiger partial charge on any atom is -0.361 e. The van der Waals surface area contributed by atoms with Gasteiger partial charge in [-0.25, -0.2) is 9.97 Å². The first kappa shape index (κ1) is 13.0. The largest absolute Gasteiger partial charge is 0.361 e. The molecule has 5 heteroatoms. The molecule has 0 aliphatic heterocycles. The molecule has 20 heavy (non-hydrogen) atoms. The number of thiophene rings is 1. The van der Waals surface area contributed by atoms with Crippen LogP contribution in [0.3, 0.4) is 0 Å². The number of rotatable bonds is 3. The molecule has 1 N–H and O–H groups in total. The van der Waals surface area contributed by atoms with Crippen molar-refractivity contribution < 1.29 is 0 Å². The number of nitrogens with zero attached hydrogens (tertiary/aromatic N) is 3. The van der Waals surface area contributed by atoms with Crippen LogP contribution >= 0.6 is 11.3 Å². The fraction of sp³-hybridized carbons (Fsp3) is 0.267. The van der Waals surface area contributed by atoms with E-state index in [9.17, 15) is 0 Å². The molecule has 102 valence electrons. The van der Waals surface area contributed by atoms with Crippen LogP contribution in [-0.4, -0.2) is 15.0 Å². The molecular formula is C15H16N4S. The second-order valence-corrected chi connectivity index (χ2v) is 6.01. The van der Waals surface area contributed by atoms with Crippen LogP contribution in [0.5, 0.6) is 0 Å². The van der Waals surface area contributed by atoms with Crippen molar-refractivity contribution in [3.8, 4) is 0 Å². The summed E-state index contributed by atoms with van der Waals surface area (Å²) >= 11 is 1.71. The molecule has 0 radical (unpaired) electrons. The second-order valence-electron chi connectivity index (χ2n) is 4.81. The smallest absolute Gasteiger partial charge is 0.138 e. The maximum atomic E-state index is 4.40. The zero-order valence-electron chi connectivity index (χ0n) is 11.7. The molecule has 3 aromatic rings. The molecule has 3 aromatic heterocycles. The van der Waals surface area contributed by atoms with Crippen molar-refractivity contribution in [3.05, 3.63) is 46.9 Å². The van der Waals surface area contributed by atoms with Crippen LogP contribution in [0, 0.1) is 13.8 Å². The number of pyridine rings is 1. The summed E-state index contributed by atoms with van der Waals surface area (Å²) in [4.78, 5) is 15.5. The number of hydrogen-bond donors (Lipinski definition) is 1. The maximum Gasteiger partial charge on any atom is 0.138 e. The summed E-state index contributed by atoms with van der Waals surface area (Å²) < 4.78 is 0. The Morgan fingerprint density at radius 3 is 2.75 bits per heavy atom. The van der Waals surface area contributed by atoms with Gasteiger partial charge in [-0.3, -0.25) is 4.98 Å². The van der Waals surface area contributed by atoms with Gasteiger partial charge in [-0.15, -0.1) is 11.3 Å². The van der Waals surface area contributed by atoms with E-state index in [1.807, 2.05) is 24.4 Å². The van der Waals surface area contributed by atoms with Crippen molar-refractivity contribution in [2.75, 3.05) is 5.32 Å². The first-order valence-corrected chi connectivity index (χ1v) is 7.36. The lowest BCUT2D eigenvalue weighted by Crippen LogP contribution is -2.09. The molecule has 3 heterocycles. The first-order chi connectivity index (χ1) is 9.66. The lowest BCUT2D eigenvalue weighted by Gasteiger charge is -2.14. The van der Waals surface area contributed by atoms with Gasteiger partial charge in [-0.1, -0.05) is 6.07 Å². The summed E-state index contributed by atoms with van der Waals surface area (Å²) in [5, 5.41) is 4.57. The number of aromatic nitrogens is 3. The highest BCUT2D eigenvalue weighted by atomic mass is 32.1. The number of fused-ring (bicyclic) bond motifs is 1. The van der Waals surface area contributed by atoms with Gasteiger partial charge in [0.25, 0.3) is 0 Å². The fourth-order valence-corrected chi connectivity index (χ4v) is 3.20. The highest BCUT2D eigenvalue weighted by Crippen LogP contribution is 2.33. The average Bonchev–Trinajstić information content (AvgIpc) is 2.76. The molecular weight excluding hydrogens is 268 g/mol. The van der Waals surface area contributed by atoms with E-state index in [0.29, 0.717) is 0 Å². The molecule has 0 aliphatic rings. The van der Waals surface area contributed by atoms with E-state index in [1.54, 1.807) is 17.7 Å². The molecule has 0 aromatic carbocycles. The molecule has 1 unspecified atom stereocenters. The molecule has 0 amide bonds. The van der Waals surface area contributed by atoms with Crippen LogP contribution in [0.2, 0.25) is 0 Å². The lowest BCUT2D eigenvalue weighted by atomic mass is 10.2. The summed E-state index contributed by atoms with van der Waals surface area (Å²) in [6.45, 7) is 6.33. The van der Waals surface area contributed by atoms with Gasteiger partial charge in [-0.2, -0.15) is 0 Å². The predicted molar refractivity (Wildman–Crippen MR) is 83.2 cm³/mol. The van der Waals surface area contributed by atoms with E-state index < -0.39 is 0 Å². The SMILES string of the molecule is Cc1sc2ncnc(NC(C)c3ccccn3)c2c1C. The van der Waals surface area contributed by atoms with Crippen molar-refractivity contribution in [2.24, 2.45) is 0 Å². The van der Waals surface area contributed by atoms with Crippen LogP contribution in [0.25, 0.3) is 10.2 Å². The van der Waals surface area contributed by atoms with Gasteiger partial charge < -0.3 is 5.32 Å². The number of anilines is 1. The molecule has 0 fully saturated rings. The van der Waals surface area contributed by atoms with E-state index in [4.69, 9.17) is 0 Å². The third-order valence-corrected chi connectivity index (χ3v) is 4.57. The Bertz CT molecular complexity index is 736. The third kappa shape index (κ3) is 2.25. The molecule has 4 nitrogen and oxygen atoms in total. The van der Waals surface area contributed by atoms with Gasteiger partial charge in [0, 0.05) is 11.1 Å². The number of nitrogens with one attached hydrogen (secondary N) is 1. The summed E-state index contributed by atoms with van der Waals surface area (Å²) in [7, 11) is 0. The molecule has 0 saturated heterocycles. The Balaban J connectivity index is 1.99. The number of hydrogen-bond acceptors (Lipinski definition) is 5. The minimum atomic E-state index is 0.105. The summed E-state index contributed by atoms with van der Waals surface area (Å²) in [5.41, 5.74) is 2.25. The highest BCUT2D eigenvalue weighted by Gasteiger charge is 2.14. The molecule has 3 rings (SSSR count). The molecule has 0 bridgehead atoms. The molecule has 1 atom stereocenters. The van der Waals surface area contributed by atoms with Crippen molar-refractivity contribution in [1.29, 1.82) is 0 Å².